The van der Waals surface area contributed by atoms with Crippen molar-refractivity contribution in [1.29, 1.82) is 0 Å². The molecule has 0 bridgehead atoms. The van der Waals surface area contributed by atoms with Gasteiger partial charge in [-0.15, -0.1) is 0 Å². The smallest absolute Gasteiger partial charge is 0.0915 e. The summed E-state index contributed by atoms with van der Waals surface area (Å²) in [5.41, 5.74) is 9.06. The highest BCUT2D eigenvalue weighted by molar-refractivity contribution is 5.22. The summed E-state index contributed by atoms with van der Waals surface area (Å²) in [7, 11) is 1.89. The molecule has 0 fully saturated rings. The van der Waals surface area contributed by atoms with E-state index in [2.05, 4.69) is 17.1 Å². The van der Waals surface area contributed by atoms with Gasteiger partial charge in [-0.2, -0.15) is 10.2 Å². The molecule has 5 nitrogen and oxygen atoms in total. The molecule has 2 aromatic heterocycles. The van der Waals surface area contributed by atoms with Crippen molar-refractivity contribution in [3.8, 4) is 0 Å². The van der Waals surface area contributed by atoms with Crippen molar-refractivity contribution in [2.75, 3.05) is 0 Å². The van der Waals surface area contributed by atoms with Crippen molar-refractivity contribution < 1.29 is 0 Å². The van der Waals surface area contributed by atoms with Crippen LogP contribution < -0.4 is 5.73 Å². The van der Waals surface area contributed by atoms with Crippen LogP contribution in [0.25, 0.3) is 0 Å². The first-order valence-corrected chi connectivity index (χ1v) is 5.41. The molecule has 0 saturated heterocycles. The minimum atomic E-state index is -0.206. The Labute approximate surface area is 94.9 Å². The normalized spacial score (nSPS) is 13.0. The van der Waals surface area contributed by atoms with Crippen LogP contribution in [0.2, 0.25) is 0 Å². The zero-order chi connectivity index (χ0) is 11.7. The summed E-state index contributed by atoms with van der Waals surface area (Å²) in [5, 5.41) is 8.71. The Kier molecular flexibility index (Phi) is 2.78. The van der Waals surface area contributed by atoms with Gasteiger partial charge in [0, 0.05) is 19.8 Å². The number of nitrogens with zero attached hydrogens (tertiary/aromatic N) is 4. The molecule has 0 aromatic carbocycles. The van der Waals surface area contributed by atoms with Crippen LogP contribution in [-0.2, 0) is 13.6 Å². The standard InChI is InChI=1S/C11H17N5/c1-4-16-10(7-8(2)13-16)11(12)9-5-6-15(3)14-9/h5-7,11H,4,12H2,1-3H3. The van der Waals surface area contributed by atoms with Crippen LogP contribution in [0.1, 0.15) is 30.0 Å². The van der Waals surface area contributed by atoms with Gasteiger partial charge in [-0.25, -0.2) is 0 Å². The number of hydrogen-bond acceptors (Lipinski definition) is 3. The Balaban J connectivity index is 2.36. The molecule has 5 heteroatoms. The van der Waals surface area contributed by atoms with Gasteiger partial charge < -0.3 is 5.73 Å². The fourth-order valence-corrected chi connectivity index (χ4v) is 1.82. The second kappa shape index (κ2) is 4.09. The summed E-state index contributed by atoms with van der Waals surface area (Å²) in [6.07, 6.45) is 1.90. The zero-order valence-electron chi connectivity index (χ0n) is 9.88. The second-order valence-electron chi connectivity index (χ2n) is 3.92. The third-order valence-corrected chi connectivity index (χ3v) is 2.60. The average Bonchev–Trinajstić information content (AvgIpc) is 2.83. The lowest BCUT2D eigenvalue weighted by Crippen LogP contribution is -2.17. The van der Waals surface area contributed by atoms with E-state index < -0.39 is 0 Å². The number of rotatable bonds is 3. The maximum absolute atomic E-state index is 6.18. The number of aromatic nitrogens is 4. The predicted molar refractivity (Wildman–Crippen MR) is 61.9 cm³/mol. The lowest BCUT2D eigenvalue weighted by molar-refractivity contribution is 0.588. The molecule has 0 amide bonds. The van der Waals surface area contributed by atoms with Crippen LogP contribution in [0.15, 0.2) is 18.3 Å². The maximum atomic E-state index is 6.18. The van der Waals surface area contributed by atoms with E-state index in [0.717, 1.165) is 23.6 Å². The Morgan fingerprint density at radius 2 is 2.19 bits per heavy atom. The van der Waals surface area contributed by atoms with Gasteiger partial charge in [-0.1, -0.05) is 0 Å². The van der Waals surface area contributed by atoms with Crippen molar-refractivity contribution in [3.05, 3.63) is 35.4 Å². The Morgan fingerprint density at radius 3 is 2.75 bits per heavy atom. The molecule has 0 aliphatic rings. The molecule has 0 aliphatic carbocycles. The summed E-state index contributed by atoms with van der Waals surface area (Å²) >= 11 is 0. The first kappa shape index (κ1) is 10.9. The van der Waals surface area contributed by atoms with Crippen LogP contribution in [0.5, 0.6) is 0 Å². The van der Waals surface area contributed by atoms with Gasteiger partial charge in [0.1, 0.15) is 0 Å². The highest BCUT2D eigenvalue weighted by Gasteiger charge is 2.16. The van der Waals surface area contributed by atoms with E-state index in [1.165, 1.54) is 0 Å². The third-order valence-electron chi connectivity index (χ3n) is 2.60. The first-order chi connectivity index (χ1) is 7.61. The molecule has 0 spiro atoms. The van der Waals surface area contributed by atoms with E-state index >= 15 is 0 Å². The van der Waals surface area contributed by atoms with Gasteiger partial charge >= 0.3 is 0 Å². The van der Waals surface area contributed by atoms with Crippen molar-refractivity contribution >= 4 is 0 Å². The van der Waals surface area contributed by atoms with Crippen LogP contribution >= 0.6 is 0 Å². The lowest BCUT2D eigenvalue weighted by atomic mass is 10.1. The highest BCUT2D eigenvalue weighted by Crippen LogP contribution is 2.18. The summed E-state index contributed by atoms with van der Waals surface area (Å²) in [6, 6.07) is 3.75. The van der Waals surface area contributed by atoms with Crippen molar-refractivity contribution in [1.82, 2.24) is 19.6 Å². The molecule has 0 aliphatic heterocycles. The maximum Gasteiger partial charge on any atom is 0.0915 e. The number of nitrogens with two attached hydrogens (primary N) is 1. The van der Waals surface area contributed by atoms with Gasteiger partial charge in [0.15, 0.2) is 0 Å². The second-order valence-corrected chi connectivity index (χ2v) is 3.92. The first-order valence-electron chi connectivity index (χ1n) is 5.41. The SMILES string of the molecule is CCn1nc(C)cc1C(N)c1ccn(C)n1. The zero-order valence-corrected chi connectivity index (χ0v) is 9.88. The summed E-state index contributed by atoms with van der Waals surface area (Å²) in [4.78, 5) is 0. The van der Waals surface area contributed by atoms with Crippen LogP contribution in [-0.4, -0.2) is 19.6 Å². The quantitative estimate of drug-likeness (QED) is 0.837. The fraction of sp³-hybridized carbons (Fsp3) is 0.455. The fourth-order valence-electron chi connectivity index (χ4n) is 1.82. The van der Waals surface area contributed by atoms with Gasteiger partial charge in [0.2, 0.25) is 0 Å². The summed E-state index contributed by atoms with van der Waals surface area (Å²) < 4.78 is 3.68. The van der Waals surface area contributed by atoms with E-state index in [4.69, 9.17) is 5.73 Å². The van der Waals surface area contributed by atoms with Gasteiger partial charge in [-0.05, 0) is 26.0 Å². The molecule has 2 rings (SSSR count). The molecule has 86 valence electrons. The largest absolute Gasteiger partial charge is 0.318 e. The van der Waals surface area contributed by atoms with Gasteiger partial charge in [-0.3, -0.25) is 9.36 Å². The highest BCUT2D eigenvalue weighted by atomic mass is 15.3. The van der Waals surface area contributed by atoms with E-state index in [1.54, 1.807) is 4.68 Å². The van der Waals surface area contributed by atoms with Crippen molar-refractivity contribution in [3.63, 3.8) is 0 Å². The van der Waals surface area contributed by atoms with Crippen molar-refractivity contribution in [2.24, 2.45) is 12.8 Å². The van der Waals surface area contributed by atoms with Crippen molar-refractivity contribution in [2.45, 2.75) is 26.4 Å². The molecule has 16 heavy (non-hydrogen) atoms. The van der Waals surface area contributed by atoms with Crippen LogP contribution in [0.4, 0.5) is 0 Å². The van der Waals surface area contributed by atoms with E-state index in [1.807, 2.05) is 37.0 Å². The molecule has 1 atom stereocenters. The molecule has 2 N–H and O–H groups in total. The molecule has 1 unspecified atom stereocenters. The Bertz CT molecular complexity index is 482. The minimum absolute atomic E-state index is 0.206. The molecular formula is C11H17N5. The molecular weight excluding hydrogens is 202 g/mol. The number of aryl methyl sites for hydroxylation is 3. The Morgan fingerprint density at radius 1 is 1.44 bits per heavy atom. The Hall–Kier alpha value is -1.62. The minimum Gasteiger partial charge on any atom is -0.318 e. The molecule has 2 heterocycles. The van der Waals surface area contributed by atoms with Gasteiger partial charge in [0.05, 0.1) is 23.1 Å². The van der Waals surface area contributed by atoms with E-state index in [0.29, 0.717) is 0 Å². The van der Waals surface area contributed by atoms with Gasteiger partial charge in [0.25, 0.3) is 0 Å². The molecule has 0 saturated carbocycles. The lowest BCUT2D eigenvalue weighted by Gasteiger charge is -2.10. The topological polar surface area (TPSA) is 61.7 Å². The van der Waals surface area contributed by atoms with E-state index in [9.17, 15) is 0 Å². The summed E-state index contributed by atoms with van der Waals surface area (Å²) in [6.45, 7) is 4.85. The average molecular weight is 219 g/mol. The summed E-state index contributed by atoms with van der Waals surface area (Å²) in [5.74, 6) is 0. The third kappa shape index (κ3) is 1.86. The number of hydrogen-bond donors (Lipinski definition) is 1. The van der Waals surface area contributed by atoms with Crippen LogP contribution in [0.3, 0.4) is 0 Å². The van der Waals surface area contributed by atoms with Crippen LogP contribution in [0, 0.1) is 6.92 Å². The monoisotopic (exact) mass is 219 g/mol. The molecule has 0 radical (unpaired) electrons. The van der Waals surface area contributed by atoms with E-state index in [-0.39, 0.29) is 6.04 Å². The predicted octanol–water partition coefficient (Wildman–Crippen LogP) is 0.993. The molecule has 2 aromatic rings.